The maximum atomic E-state index is 12.4. The number of nitrogens with zero attached hydrogens (tertiary/aromatic N) is 2. The van der Waals surface area contributed by atoms with Crippen LogP contribution >= 0.6 is 0 Å². The molecule has 1 aromatic heterocycles. The Labute approximate surface area is 117 Å². The first-order valence-corrected chi connectivity index (χ1v) is 6.94. The average molecular weight is 271 g/mol. The van der Waals surface area contributed by atoms with Crippen molar-refractivity contribution in [3.63, 3.8) is 0 Å². The van der Waals surface area contributed by atoms with E-state index in [1.54, 1.807) is 13.0 Å². The van der Waals surface area contributed by atoms with Gasteiger partial charge in [-0.3, -0.25) is 4.79 Å². The molecule has 2 aromatic rings. The van der Waals surface area contributed by atoms with Crippen molar-refractivity contribution < 1.29 is 9.32 Å². The van der Waals surface area contributed by atoms with Gasteiger partial charge >= 0.3 is 0 Å². The molecule has 1 saturated carbocycles. The summed E-state index contributed by atoms with van der Waals surface area (Å²) in [6.07, 6.45) is 4.51. The summed E-state index contributed by atoms with van der Waals surface area (Å²) in [5, 5.41) is 6.86. The van der Waals surface area contributed by atoms with Gasteiger partial charge in [0.05, 0.1) is 11.1 Å². The number of amides is 1. The molecule has 0 atom stereocenters. The predicted molar refractivity (Wildman–Crippen MR) is 74.2 cm³/mol. The van der Waals surface area contributed by atoms with Gasteiger partial charge in [-0.05, 0) is 31.9 Å². The number of carbonyl (C=O) groups is 1. The normalized spacial score (nSPS) is 15.4. The minimum absolute atomic E-state index is 0.0663. The largest absolute Gasteiger partial charge is 0.349 e. The van der Waals surface area contributed by atoms with Crippen molar-refractivity contribution in [3.05, 3.63) is 35.7 Å². The fourth-order valence-corrected chi connectivity index (χ4v) is 2.61. The lowest BCUT2D eigenvalue weighted by Gasteiger charge is -2.13. The number of rotatable bonds is 3. The Morgan fingerprint density at radius 2 is 2.05 bits per heavy atom. The molecule has 1 aliphatic rings. The summed E-state index contributed by atoms with van der Waals surface area (Å²) in [5.74, 6) is 0.883. The van der Waals surface area contributed by atoms with E-state index in [-0.39, 0.29) is 5.91 Å². The minimum atomic E-state index is -0.0663. The zero-order valence-corrected chi connectivity index (χ0v) is 11.4. The summed E-state index contributed by atoms with van der Waals surface area (Å²) in [4.78, 5) is 16.6. The van der Waals surface area contributed by atoms with Gasteiger partial charge in [-0.1, -0.05) is 30.1 Å². The second-order valence-corrected chi connectivity index (χ2v) is 5.15. The van der Waals surface area contributed by atoms with E-state index in [4.69, 9.17) is 4.52 Å². The van der Waals surface area contributed by atoms with Crippen LogP contribution in [0.1, 0.15) is 41.9 Å². The van der Waals surface area contributed by atoms with Crippen LogP contribution in [0, 0.1) is 6.92 Å². The summed E-state index contributed by atoms with van der Waals surface area (Å²) in [7, 11) is 0. The number of hydrogen-bond acceptors (Lipinski definition) is 4. The maximum absolute atomic E-state index is 12.4. The molecule has 104 valence electrons. The van der Waals surface area contributed by atoms with Gasteiger partial charge in [-0.25, -0.2) is 0 Å². The second kappa shape index (κ2) is 5.45. The summed E-state index contributed by atoms with van der Waals surface area (Å²) < 4.78 is 5.17. The van der Waals surface area contributed by atoms with Crippen molar-refractivity contribution in [2.45, 2.75) is 38.6 Å². The van der Waals surface area contributed by atoms with Gasteiger partial charge in [0.25, 0.3) is 11.8 Å². The molecule has 1 fully saturated rings. The van der Waals surface area contributed by atoms with Gasteiger partial charge in [-0.15, -0.1) is 0 Å². The molecule has 5 nitrogen and oxygen atoms in total. The molecule has 20 heavy (non-hydrogen) atoms. The van der Waals surface area contributed by atoms with Gasteiger partial charge in [0.2, 0.25) is 0 Å². The van der Waals surface area contributed by atoms with E-state index < -0.39 is 0 Å². The number of nitrogens with one attached hydrogen (secondary N) is 1. The van der Waals surface area contributed by atoms with E-state index in [0.29, 0.717) is 28.9 Å². The highest BCUT2D eigenvalue weighted by molar-refractivity contribution is 6.00. The molecule has 1 N–H and O–H groups in total. The van der Waals surface area contributed by atoms with Crippen molar-refractivity contribution in [1.29, 1.82) is 0 Å². The minimum Gasteiger partial charge on any atom is -0.349 e. The Hall–Kier alpha value is -2.17. The van der Waals surface area contributed by atoms with E-state index in [0.717, 1.165) is 12.8 Å². The molecule has 0 radical (unpaired) electrons. The third-order valence-electron chi connectivity index (χ3n) is 3.62. The highest BCUT2D eigenvalue weighted by Gasteiger charge is 2.21. The molecule has 3 rings (SSSR count). The van der Waals surface area contributed by atoms with Crippen LogP contribution in [-0.2, 0) is 0 Å². The molecule has 0 spiro atoms. The third-order valence-corrected chi connectivity index (χ3v) is 3.62. The van der Waals surface area contributed by atoms with E-state index in [9.17, 15) is 4.79 Å². The molecule has 0 bridgehead atoms. The number of aryl methyl sites for hydroxylation is 1. The van der Waals surface area contributed by atoms with Crippen molar-refractivity contribution >= 4 is 5.91 Å². The quantitative estimate of drug-likeness (QED) is 0.932. The molecule has 5 heteroatoms. The van der Waals surface area contributed by atoms with Gasteiger partial charge < -0.3 is 9.84 Å². The van der Waals surface area contributed by atoms with Crippen molar-refractivity contribution in [3.8, 4) is 11.5 Å². The Bertz CT molecular complexity index is 615. The van der Waals surface area contributed by atoms with Crippen LogP contribution in [0.5, 0.6) is 0 Å². The lowest BCUT2D eigenvalue weighted by Crippen LogP contribution is -2.32. The number of hydrogen-bond donors (Lipinski definition) is 1. The fourth-order valence-electron chi connectivity index (χ4n) is 2.61. The van der Waals surface area contributed by atoms with Crippen molar-refractivity contribution in [2.24, 2.45) is 0 Å². The highest BCUT2D eigenvalue weighted by atomic mass is 16.5. The standard InChI is InChI=1S/C15H17N3O2/c1-10-16-15(20-18-10)13-9-5-4-8-12(13)14(19)17-11-6-2-3-7-11/h4-5,8-9,11H,2-3,6-7H2,1H3,(H,17,19). The maximum Gasteiger partial charge on any atom is 0.258 e. The van der Waals surface area contributed by atoms with Crippen LogP contribution in [0.2, 0.25) is 0 Å². The molecular formula is C15H17N3O2. The highest BCUT2D eigenvalue weighted by Crippen LogP contribution is 2.23. The summed E-state index contributed by atoms with van der Waals surface area (Å²) >= 11 is 0. The molecule has 0 unspecified atom stereocenters. The summed E-state index contributed by atoms with van der Waals surface area (Å²) in [6, 6.07) is 7.62. The Kier molecular flexibility index (Phi) is 3.50. The zero-order valence-electron chi connectivity index (χ0n) is 11.4. The van der Waals surface area contributed by atoms with Gasteiger partial charge in [0.15, 0.2) is 5.82 Å². The van der Waals surface area contributed by atoms with Gasteiger partial charge in [0.1, 0.15) is 0 Å². The van der Waals surface area contributed by atoms with Gasteiger partial charge in [0, 0.05) is 6.04 Å². The fraction of sp³-hybridized carbons (Fsp3) is 0.400. The smallest absolute Gasteiger partial charge is 0.258 e. The molecular weight excluding hydrogens is 254 g/mol. The van der Waals surface area contributed by atoms with E-state index in [1.807, 2.05) is 18.2 Å². The summed E-state index contributed by atoms with van der Waals surface area (Å²) in [5.41, 5.74) is 1.27. The molecule has 0 aliphatic heterocycles. The monoisotopic (exact) mass is 271 g/mol. The van der Waals surface area contributed by atoms with Crippen LogP contribution in [0.25, 0.3) is 11.5 Å². The average Bonchev–Trinajstić information content (AvgIpc) is 3.10. The van der Waals surface area contributed by atoms with Crippen molar-refractivity contribution in [1.82, 2.24) is 15.5 Å². The second-order valence-electron chi connectivity index (χ2n) is 5.15. The number of aromatic nitrogens is 2. The van der Waals surface area contributed by atoms with Gasteiger partial charge in [-0.2, -0.15) is 4.98 Å². The zero-order chi connectivity index (χ0) is 13.9. The first-order chi connectivity index (χ1) is 9.74. The van der Waals surface area contributed by atoms with E-state index in [1.165, 1.54) is 12.8 Å². The third kappa shape index (κ3) is 2.57. The Morgan fingerprint density at radius 3 is 2.75 bits per heavy atom. The number of benzene rings is 1. The molecule has 1 heterocycles. The molecule has 0 saturated heterocycles. The SMILES string of the molecule is Cc1noc(-c2ccccc2C(=O)NC2CCCC2)n1. The topological polar surface area (TPSA) is 68.0 Å². The van der Waals surface area contributed by atoms with Crippen LogP contribution in [0.15, 0.2) is 28.8 Å². The predicted octanol–water partition coefficient (Wildman–Crippen LogP) is 2.72. The van der Waals surface area contributed by atoms with Crippen LogP contribution < -0.4 is 5.32 Å². The first kappa shape index (κ1) is 12.8. The Balaban J connectivity index is 1.87. The molecule has 1 aliphatic carbocycles. The van der Waals surface area contributed by atoms with Crippen LogP contribution in [-0.4, -0.2) is 22.1 Å². The summed E-state index contributed by atoms with van der Waals surface area (Å²) in [6.45, 7) is 1.76. The molecule has 1 aromatic carbocycles. The van der Waals surface area contributed by atoms with Crippen LogP contribution in [0.3, 0.4) is 0 Å². The lowest BCUT2D eigenvalue weighted by atomic mass is 10.1. The molecule has 1 amide bonds. The van der Waals surface area contributed by atoms with Crippen molar-refractivity contribution in [2.75, 3.05) is 0 Å². The van der Waals surface area contributed by atoms with Crippen LogP contribution in [0.4, 0.5) is 0 Å². The number of carbonyl (C=O) groups excluding carboxylic acids is 1. The lowest BCUT2D eigenvalue weighted by molar-refractivity contribution is 0.0938. The van der Waals surface area contributed by atoms with E-state index in [2.05, 4.69) is 15.5 Å². The Morgan fingerprint density at radius 1 is 1.30 bits per heavy atom. The van der Waals surface area contributed by atoms with E-state index >= 15 is 0 Å². The first-order valence-electron chi connectivity index (χ1n) is 6.94.